The summed E-state index contributed by atoms with van der Waals surface area (Å²) in [6.45, 7) is 7.18. The first-order chi connectivity index (χ1) is 15.4. The number of carbonyl (C=O) groups is 2. The minimum atomic E-state index is -1.47. The summed E-state index contributed by atoms with van der Waals surface area (Å²) in [7, 11) is 0. The molecule has 6 nitrogen and oxygen atoms in total. The highest BCUT2D eigenvalue weighted by atomic mass is 79.9. The van der Waals surface area contributed by atoms with E-state index in [9.17, 15) is 24.9 Å². The number of rotatable bonds is 3. The van der Waals surface area contributed by atoms with E-state index in [1.54, 1.807) is 32.0 Å². The van der Waals surface area contributed by atoms with E-state index in [1.165, 1.54) is 12.1 Å². The third kappa shape index (κ3) is 3.27. The van der Waals surface area contributed by atoms with Crippen molar-refractivity contribution in [3.8, 4) is 11.5 Å². The van der Waals surface area contributed by atoms with E-state index in [4.69, 9.17) is 4.74 Å². The van der Waals surface area contributed by atoms with Crippen LogP contribution in [-0.4, -0.2) is 27.3 Å². The Kier molecular flexibility index (Phi) is 5.57. The second-order valence-corrected chi connectivity index (χ2v) is 9.85. The van der Waals surface area contributed by atoms with Gasteiger partial charge in [-0.1, -0.05) is 37.9 Å². The topological polar surface area (TPSA) is 104 Å². The number of cyclic esters (lactones) is 1. The number of hydrogen-bond acceptors (Lipinski definition) is 5. The molecule has 1 heterocycles. The zero-order chi connectivity index (χ0) is 24.4. The van der Waals surface area contributed by atoms with E-state index in [0.29, 0.717) is 47.9 Å². The van der Waals surface area contributed by atoms with Gasteiger partial charge in [-0.05, 0) is 74.2 Å². The molecule has 0 amide bonds. The van der Waals surface area contributed by atoms with E-state index < -0.39 is 17.5 Å². The number of carboxylic acids is 1. The summed E-state index contributed by atoms with van der Waals surface area (Å²) in [4.78, 5) is 24.8. The summed E-state index contributed by atoms with van der Waals surface area (Å²) in [6.07, 6.45) is 0. The summed E-state index contributed by atoms with van der Waals surface area (Å²) in [6, 6.07) is 7.44. The van der Waals surface area contributed by atoms with Gasteiger partial charge < -0.3 is 20.1 Å². The number of carboxylic acid groups (broad SMARTS) is 1. The first-order valence-electron chi connectivity index (χ1n) is 10.0. The lowest BCUT2D eigenvalue weighted by molar-refractivity contribution is 0.0243. The molecule has 3 aromatic carbocycles. The summed E-state index contributed by atoms with van der Waals surface area (Å²) in [5, 5.41) is 30.2. The third-order valence-electron chi connectivity index (χ3n) is 6.46. The predicted octanol–water partition coefficient (Wildman–Crippen LogP) is 6.02. The van der Waals surface area contributed by atoms with Crippen molar-refractivity contribution in [3.05, 3.63) is 89.3 Å². The van der Waals surface area contributed by atoms with Crippen molar-refractivity contribution in [2.75, 3.05) is 0 Å². The average Bonchev–Trinajstić information content (AvgIpc) is 3.02. The Hall–Kier alpha value is -2.84. The number of halogens is 2. The van der Waals surface area contributed by atoms with Crippen molar-refractivity contribution in [2.24, 2.45) is 0 Å². The van der Waals surface area contributed by atoms with Gasteiger partial charge in [-0.25, -0.2) is 9.59 Å². The summed E-state index contributed by atoms with van der Waals surface area (Å²) in [5.74, 6) is -1.65. The third-order valence-corrected chi connectivity index (χ3v) is 7.71. The van der Waals surface area contributed by atoms with Crippen molar-refractivity contribution in [1.29, 1.82) is 0 Å². The molecule has 0 fully saturated rings. The molecule has 0 aliphatic carbocycles. The first-order valence-corrected chi connectivity index (χ1v) is 11.6. The highest BCUT2D eigenvalue weighted by molar-refractivity contribution is 9.10. The molecule has 0 radical (unpaired) electrons. The molecule has 170 valence electrons. The normalized spacial score (nSPS) is 14.2. The lowest BCUT2D eigenvalue weighted by Crippen LogP contribution is -2.33. The SMILES string of the molecule is Cc1c(O)cc(Br)c(C2(c3c(Br)cc(O)c(C)c3C)OC(=O)c3cc(C(=O)O)ccc32)c1C. The molecule has 8 heteroatoms. The van der Waals surface area contributed by atoms with Crippen molar-refractivity contribution >= 4 is 43.8 Å². The molecule has 0 spiro atoms. The second kappa shape index (κ2) is 7.88. The molecule has 0 unspecified atom stereocenters. The van der Waals surface area contributed by atoms with Gasteiger partial charge in [0.1, 0.15) is 11.5 Å². The number of ether oxygens (including phenoxy) is 1. The second-order valence-electron chi connectivity index (χ2n) is 8.14. The molecule has 0 saturated carbocycles. The van der Waals surface area contributed by atoms with E-state index in [1.807, 2.05) is 13.8 Å². The fraction of sp³-hybridized carbons (Fsp3) is 0.200. The number of phenolic OH excluding ortho intramolecular Hbond substituents is 2. The van der Waals surface area contributed by atoms with Crippen molar-refractivity contribution < 1.29 is 29.6 Å². The molecule has 1 aliphatic rings. The van der Waals surface area contributed by atoms with Crippen LogP contribution in [0, 0.1) is 27.7 Å². The van der Waals surface area contributed by atoms with Crippen LogP contribution in [0.2, 0.25) is 0 Å². The maximum absolute atomic E-state index is 13.2. The Morgan fingerprint density at radius 2 is 1.33 bits per heavy atom. The Morgan fingerprint density at radius 1 is 0.848 bits per heavy atom. The van der Waals surface area contributed by atoms with Crippen LogP contribution in [0.4, 0.5) is 0 Å². The predicted molar refractivity (Wildman–Crippen MR) is 129 cm³/mol. The van der Waals surface area contributed by atoms with Gasteiger partial charge in [0.25, 0.3) is 0 Å². The summed E-state index contributed by atoms with van der Waals surface area (Å²) >= 11 is 7.11. The summed E-state index contributed by atoms with van der Waals surface area (Å²) in [5.41, 5.74) is 2.94. The van der Waals surface area contributed by atoms with E-state index >= 15 is 0 Å². The van der Waals surface area contributed by atoms with Crippen molar-refractivity contribution in [2.45, 2.75) is 33.3 Å². The van der Waals surface area contributed by atoms with Crippen LogP contribution in [-0.2, 0) is 10.3 Å². The Morgan fingerprint density at radius 3 is 1.79 bits per heavy atom. The fourth-order valence-electron chi connectivity index (χ4n) is 4.48. The largest absolute Gasteiger partial charge is 0.508 e. The van der Waals surface area contributed by atoms with Gasteiger partial charge in [0.05, 0.1) is 11.1 Å². The first kappa shape index (κ1) is 23.3. The molecular formula is C25H20Br2O6. The zero-order valence-electron chi connectivity index (χ0n) is 18.2. The minimum absolute atomic E-state index is 0.0307. The van der Waals surface area contributed by atoms with Crippen LogP contribution in [0.1, 0.15) is 59.7 Å². The maximum Gasteiger partial charge on any atom is 0.340 e. The number of carbonyl (C=O) groups excluding carboxylic acids is 1. The average molecular weight is 576 g/mol. The molecule has 33 heavy (non-hydrogen) atoms. The number of benzene rings is 3. The lowest BCUT2D eigenvalue weighted by atomic mass is 9.75. The van der Waals surface area contributed by atoms with Crippen LogP contribution < -0.4 is 0 Å². The van der Waals surface area contributed by atoms with Gasteiger partial charge in [0.2, 0.25) is 0 Å². The van der Waals surface area contributed by atoms with Gasteiger partial charge in [-0.3, -0.25) is 0 Å². The molecule has 0 aromatic heterocycles. The number of aromatic carboxylic acids is 1. The van der Waals surface area contributed by atoms with E-state index in [-0.39, 0.29) is 22.6 Å². The number of fused-ring (bicyclic) bond motifs is 1. The monoisotopic (exact) mass is 574 g/mol. The number of phenols is 2. The number of aromatic hydroxyl groups is 2. The molecular weight excluding hydrogens is 556 g/mol. The molecule has 3 aromatic rings. The Labute approximate surface area is 207 Å². The molecule has 0 saturated heterocycles. The smallest absolute Gasteiger partial charge is 0.340 e. The van der Waals surface area contributed by atoms with Crippen molar-refractivity contribution in [1.82, 2.24) is 0 Å². The van der Waals surface area contributed by atoms with Gasteiger partial charge >= 0.3 is 11.9 Å². The van der Waals surface area contributed by atoms with Crippen molar-refractivity contribution in [3.63, 3.8) is 0 Å². The summed E-state index contributed by atoms with van der Waals surface area (Å²) < 4.78 is 7.22. The minimum Gasteiger partial charge on any atom is -0.508 e. The van der Waals surface area contributed by atoms with Gasteiger partial charge in [0, 0.05) is 25.6 Å². The highest BCUT2D eigenvalue weighted by Gasteiger charge is 2.52. The Balaban J connectivity index is 2.23. The molecule has 0 atom stereocenters. The molecule has 4 rings (SSSR count). The highest BCUT2D eigenvalue weighted by Crippen LogP contribution is 2.55. The van der Waals surface area contributed by atoms with E-state index in [0.717, 1.165) is 0 Å². The number of hydrogen-bond donors (Lipinski definition) is 3. The van der Waals surface area contributed by atoms with Crippen LogP contribution in [0.25, 0.3) is 0 Å². The molecule has 3 N–H and O–H groups in total. The van der Waals surface area contributed by atoms with E-state index in [2.05, 4.69) is 31.9 Å². The van der Waals surface area contributed by atoms with Gasteiger partial charge in [0.15, 0.2) is 5.60 Å². The zero-order valence-corrected chi connectivity index (χ0v) is 21.4. The number of esters is 1. The van der Waals surface area contributed by atoms with Crippen LogP contribution in [0.15, 0.2) is 39.3 Å². The van der Waals surface area contributed by atoms with Gasteiger partial charge in [-0.2, -0.15) is 0 Å². The van der Waals surface area contributed by atoms with Gasteiger partial charge in [-0.15, -0.1) is 0 Å². The quantitative estimate of drug-likeness (QED) is 0.330. The Bertz CT molecular complexity index is 1310. The van der Waals surface area contributed by atoms with Crippen LogP contribution in [0.5, 0.6) is 11.5 Å². The molecule has 1 aliphatic heterocycles. The molecule has 0 bridgehead atoms. The fourth-order valence-corrected chi connectivity index (χ4v) is 6.07. The standard InChI is InChI=1S/C25H20Br2O6/c1-10-12(3)21(17(26)8-19(10)28)25(22-13(4)11(2)20(29)9-18(22)27)16-6-5-14(23(30)31)7-15(16)24(32)33-25/h5-9,28-29H,1-4H3,(H,30,31). The maximum atomic E-state index is 13.2. The van der Waals surface area contributed by atoms with Crippen LogP contribution >= 0.6 is 31.9 Å². The van der Waals surface area contributed by atoms with Crippen LogP contribution in [0.3, 0.4) is 0 Å². The lowest BCUT2D eigenvalue weighted by Gasteiger charge is -2.35.